The van der Waals surface area contributed by atoms with E-state index in [-0.39, 0.29) is 12.1 Å². The summed E-state index contributed by atoms with van der Waals surface area (Å²) in [4.78, 5) is 7.86. The molecule has 0 unspecified atom stereocenters. The molecule has 0 bridgehead atoms. The van der Waals surface area contributed by atoms with E-state index in [1.165, 1.54) is 4.88 Å². The highest BCUT2D eigenvalue weighted by Crippen LogP contribution is 2.46. The van der Waals surface area contributed by atoms with Gasteiger partial charge in [0.1, 0.15) is 11.5 Å². The van der Waals surface area contributed by atoms with Crippen molar-refractivity contribution < 1.29 is 9.47 Å². The third kappa shape index (κ3) is 3.24. The van der Waals surface area contributed by atoms with Crippen molar-refractivity contribution in [2.75, 3.05) is 19.1 Å². The van der Waals surface area contributed by atoms with E-state index in [2.05, 4.69) is 32.7 Å². The fourth-order valence-electron chi connectivity index (χ4n) is 3.35. The molecule has 0 spiro atoms. The van der Waals surface area contributed by atoms with Crippen LogP contribution in [0, 0.1) is 0 Å². The Balaban J connectivity index is 1.85. The first kappa shape index (κ1) is 17.8. The Bertz CT molecular complexity index is 932. The van der Waals surface area contributed by atoms with Gasteiger partial charge in [0, 0.05) is 17.1 Å². The van der Waals surface area contributed by atoms with Crippen molar-refractivity contribution in [3.63, 3.8) is 0 Å². The Morgan fingerprint density at radius 3 is 2.67 bits per heavy atom. The predicted molar refractivity (Wildman–Crippen MR) is 112 cm³/mol. The summed E-state index contributed by atoms with van der Waals surface area (Å²) in [5.41, 5.74) is 1.81. The van der Waals surface area contributed by atoms with Crippen LogP contribution < -0.4 is 19.7 Å². The predicted octanol–water partition coefficient (Wildman–Crippen LogP) is 4.34. The summed E-state index contributed by atoms with van der Waals surface area (Å²) in [5.74, 6) is 1.49. The average Bonchev–Trinajstić information content (AvgIpc) is 3.35. The first-order valence-corrected chi connectivity index (χ1v) is 9.78. The fraction of sp³-hybridized carbons (Fsp3) is 0.200. The summed E-state index contributed by atoms with van der Waals surface area (Å²) < 4.78 is 11.0. The number of ether oxygens (including phenoxy) is 2. The van der Waals surface area contributed by atoms with Gasteiger partial charge in [-0.1, -0.05) is 12.1 Å². The molecular formula is C20H19N3O2S2. The molecule has 3 heterocycles. The van der Waals surface area contributed by atoms with E-state index in [0.717, 1.165) is 22.9 Å². The lowest BCUT2D eigenvalue weighted by molar-refractivity contribution is 0.403. The molecule has 1 aliphatic rings. The van der Waals surface area contributed by atoms with Crippen molar-refractivity contribution >= 4 is 34.4 Å². The minimum atomic E-state index is -0.0618. The van der Waals surface area contributed by atoms with Gasteiger partial charge in [0.15, 0.2) is 5.11 Å². The lowest BCUT2D eigenvalue weighted by Crippen LogP contribution is -2.29. The summed E-state index contributed by atoms with van der Waals surface area (Å²) >= 11 is 7.43. The molecule has 27 heavy (non-hydrogen) atoms. The van der Waals surface area contributed by atoms with Gasteiger partial charge in [-0.25, -0.2) is 0 Å². The van der Waals surface area contributed by atoms with Gasteiger partial charge >= 0.3 is 0 Å². The number of benzene rings is 1. The van der Waals surface area contributed by atoms with Crippen LogP contribution in [-0.2, 0) is 0 Å². The quantitative estimate of drug-likeness (QED) is 0.647. The summed E-state index contributed by atoms with van der Waals surface area (Å²) in [5, 5.41) is 6.16. The van der Waals surface area contributed by atoms with E-state index < -0.39 is 0 Å². The molecule has 0 amide bonds. The number of methoxy groups -OCH3 is 2. The monoisotopic (exact) mass is 397 g/mol. The Morgan fingerprint density at radius 2 is 2.00 bits per heavy atom. The van der Waals surface area contributed by atoms with Crippen LogP contribution in [0.5, 0.6) is 11.5 Å². The number of nitrogens with zero attached hydrogens (tertiary/aromatic N) is 2. The SMILES string of the molecule is COc1ccc(OC)c(N2C(=S)N[C@@H](c3ccccn3)[C@H]2c2cccs2)c1. The highest BCUT2D eigenvalue weighted by molar-refractivity contribution is 7.80. The van der Waals surface area contributed by atoms with Crippen molar-refractivity contribution in [1.82, 2.24) is 10.3 Å². The topological polar surface area (TPSA) is 46.6 Å². The number of aromatic nitrogens is 1. The molecule has 3 aromatic rings. The molecular weight excluding hydrogens is 378 g/mol. The Morgan fingerprint density at radius 1 is 1.11 bits per heavy atom. The zero-order chi connectivity index (χ0) is 18.8. The second-order valence-electron chi connectivity index (χ2n) is 6.05. The number of thiophene rings is 1. The molecule has 1 fully saturated rings. The second-order valence-corrected chi connectivity index (χ2v) is 7.42. The summed E-state index contributed by atoms with van der Waals surface area (Å²) in [6.45, 7) is 0. The minimum Gasteiger partial charge on any atom is -0.497 e. The first-order chi connectivity index (χ1) is 13.2. The van der Waals surface area contributed by atoms with Gasteiger partial charge in [0.2, 0.25) is 0 Å². The summed E-state index contributed by atoms with van der Waals surface area (Å²) in [6.07, 6.45) is 1.81. The maximum Gasteiger partial charge on any atom is 0.174 e. The largest absolute Gasteiger partial charge is 0.497 e. The molecule has 2 aromatic heterocycles. The zero-order valence-electron chi connectivity index (χ0n) is 15.0. The van der Waals surface area contributed by atoms with E-state index in [9.17, 15) is 0 Å². The zero-order valence-corrected chi connectivity index (χ0v) is 16.6. The first-order valence-electron chi connectivity index (χ1n) is 8.49. The number of hydrogen-bond donors (Lipinski definition) is 1. The molecule has 1 aliphatic heterocycles. The Labute approximate surface area is 167 Å². The van der Waals surface area contributed by atoms with Gasteiger partial charge in [0.25, 0.3) is 0 Å². The summed E-state index contributed by atoms with van der Waals surface area (Å²) in [7, 11) is 3.31. The highest BCUT2D eigenvalue weighted by atomic mass is 32.1. The molecule has 4 rings (SSSR count). The van der Waals surface area contributed by atoms with Crippen LogP contribution in [-0.4, -0.2) is 24.3 Å². The number of thiocarbonyl (C=S) groups is 1. The number of hydrogen-bond acceptors (Lipinski definition) is 5. The molecule has 138 valence electrons. The van der Waals surface area contributed by atoms with Crippen molar-refractivity contribution in [2.24, 2.45) is 0 Å². The van der Waals surface area contributed by atoms with Crippen molar-refractivity contribution in [3.8, 4) is 11.5 Å². The molecule has 5 nitrogen and oxygen atoms in total. The van der Waals surface area contributed by atoms with Gasteiger partial charge in [-0.15, -0.1) is 11.3 Å². The molecule has 2 atom stereocenters. The fourth-order valence-corrected chi connectivity index (χ4v) is 4.54. The van der Waals surface area contributed by atoms with Gasteiger partial charge < -0.3 is 19.7 Å². The van der Waals surface area contributed by atoms with Crippen LogP contribution in [0.4, 0.5) is 5.69 Å². The van der Waals surface area contributed by atoms with E-state index in [4.69, 9.17) is 21.7 Å². The minimum absolute atomic E-state index is 0.0339. The lowest BCUT2D eigenvalue weighted by atomic mass is 10.0. The van der Waals surface area contributed by atoms with E-state index in [0.29, 0.717) is 5.11 Å². The third-order valence-electron chi connectivity index (χ3n) is 4.58. The smallest absolute Gasteiger partial charge is 0.174 e. The van der Waals surface area contributed by atoms with Gasteiger partial charge in [-0.05, 0) is 47.9 Å². The van der Waals surface area contributed by atoms with E-state index >= 15 is 0 Å². The van der Waals surface area contributed by atoms with Crippen LogP contribution in [0.3, 0.4) is 0 Å². The molecule has 1 N–H and O–H groups in total. The Hall–Kier alpha value is -2.64. The number of nitrogens with one attached hydrogen (secondary N) is 1. The highest BCUT2D eigenvalue weighted by Gasteiger charge is 2.42. The van der Waals surface area contributed by atoms with Crippen molar-refractivity contribution in [3.05, 3.63) is 70.7 Å². The van der Waals surface area contributed by atoms with Crippen LogP contribution in [0.1, 0.15) is 22.7 Å². The van der Waals surface area contributed by atoms with Crippen LogP contribution in [0.2, 0.25) is 0 Å². The maximum absolute atomic E-state index is 5.73. The number of pyridine rings is 1. The molecule has 0 radical (unpaired) electrons. The second kappa shape index (κ2) is 7.54. The normalized spacial score (nSPS) is 19.0. The molecule has 0 aliphatic carbocycles. The van der Waals surface area contributed by atoms with Crippen molar-refractivity contribution in [1.29, 1.82) is 0 Å². The standard InChI is InChI=1S/C20H19N3O2S2/c1-24-13-8-9-16(25-2)15(12-13)23-19(17-7-5-11-27-17)18(22-20(23)26)14-6-3-4-10-21-14/h3-12,18-19H,1-2H3,(H,22,26)/t18-,19+/m0/s1. The number of rotatable bonds is 5. The van der Waals surface area contributed by atoms with Gasteiger partial charge in [-0.3, -0.25) is 4.98 Å². The van der Waals surface area contributed by atoms with Crippen LogP contribution >= 0.6 is 23.6 Å². The van der Waals surface area contributed by atoms with E-state index in [1.807, 2.05) is 36.4 Å². The third-order valence-corrected chi connectivity index (χ3v) is 5.84. The molecule has 1 aromatic carbocycles. The maximum atomic E-state index is 5.73. The average molecular weight is 398 g/mol. The lowest BCUT2D eigenvalue weighted by Gasteiger charge is -2.28. The van der Waals surface area contributed by atoms with Gasteiger partial charge in [0.05, 0.1) is 37.7 Å². The van der Waals surface area contributed by atoms with Crippen LogP contribution in [0.25, 0.3) is 0 Å². The molecule has 0 saturated carbocycles. The molecule has 1 saturated heterocycles. The van der Waals surface area contributed by atoms with Crippen LogP contribution in [0.15, 0.2) is 60.1 Å². The summed E-state index contributed by atoms with van der Waals surface area (Å²) in [6, 6.07) is 15.7. The number of anilines is 1. The molecule has 7 heteroatoms. The van der Waals surface area contributed by atoms with E-state index in [1.54, 1.807) is 31.8 Å². The van der Waals surface area contributed by atoms with Crippen molar-refractivity contribution in [2.45, 2.75) is 12.1 Å². The Kier molecular flexibility index (Phi) is 4.96. The van der Waals surface area contributed by atoms with Gasteiger partial charge in [-0.2, -0.15) is 0 Å².